The van der Waals surface area contributed by atoms with Crippen LogP contribution >= 0.6 is 34.2 Å². The second-order valence-electron chi connectivity index (χ2n) is 8.91. The van der Waals surface area contributed by atoms with Crippen molar-refractivity contribution in [3.63, 3.8) is 0 Å². The van der Waals surface area contributed by atoms with Crippen molar-refractivity contribution in [1.29, 1.82) is 0 Å². The smallest absolute Gasteiger partial charge is 0.264 e. The van der Waals surface area contributed by atoms with E-state index in [1.807, 2.05) is 13.8 Å². The molecule has 0 heterocycles. The lowest BCUT2D eigenvalue weighted by Crippen LogP contribution is -2.52. The number of hydrogen-bond acceptors (Lipinski definition) is 4. The van der Waals surface area contributed by atoms with Crippen molar-refractivity contribution in [2.75, 3.05) is 10.8 Å². The third-order valence-corrected chi connectivity index (χ3v) is 9.07. The number of sulfonamides is 1. The number of nitrogens with one attached hydrogen (secondary N) is 1. The summed E-state index contributed by atoms with van der Waals surface area (Å²) in [6.07, 6.45) is 0.729. The molecule has 0 aliphatic carbocycles. The Morgan fingerprint density at radius 1 is 0.947 bits per heavy atom. The van der Waals surface area contributed by atoms with Crippen molar-refractivity contribution in [2.24, 2.45) is 0 Å². The van der Waals surface area contributed by atoms with Gasteiger partial charge in [0.15, 0.2) is 0 Å². The van der Waals surface area contributed by atoms with Crippen LogP contribution in [0.1, 0.15) is 32.8 Å². The van der Waals surface area contributed by atoms with E-state index in [1.54, 1.807) is 73.7 Å². The number of carbonyl (C=O) groups excluding carboxylic acids is 2. The van der Waals surface area contributed by atoms with Gasteiger partial charge in [0.2, 0.25) is 11.8 Å². The maximum atomic E-state index is 13.9. The van der Waals surface area contributed by atoms with Crippen LogP contribution in [0.3, 0.4) is 0 Å². The van der Waals surface area contributed by atoms with E-state index in [9.17, 15) is 18.0 Å². The third-order valence-electron chi connectivity index (χ3n) is 6.19. The molecule has 1 N–H and O–H groups in total. The van der Waals surface area contributed by atoms with Crippen LogP contribution in [0, 0.1) is 3.57 Å². The standard InChI is InChI=1S/C28H31ClIN3O4S/c1-4-20(2)31-28(35)21(3)32(18-22-10-8-9-13-26(22)29)27(34)19-33(24-16-14-23(30)15-17-24)38(36,37)25-11-6-5-7-12-25/h5-17,20-21H,4,18-19H2,1-3H3,(H,31,35)/t20-,21-/m0/s1. The van der Waals surface area contributed by atoms with Crippen LogP contribution in [0.5, 0.6) is 0 Å². The van der Waals surface area contributed by atoms with Crippen molar-refractivity contribution in [1.82, 2.24) is 10.2 Å². The van der Waals surface area contributed by atoms with Gasteiger partial charge in [-0.3, -0.25) is 13.9 Å². The Morgan fingerprint density at radius 2 is 1.55 bits per heavy atom. The highest BCUT2D eigenvalue weighted by atomic mass is 127. The molecule has 0 unspecified atom stereocenters. The molecule has 10 heteroatoms. The Morgan fingerprint density at radius 3 is 2.16 bits per heavy atom. The Hall–Kier alpha value is -2.63. The summed E-state index contributed by atoms with van der Waals surface area (Å²) >= 11 is 8.52. The van der Waals surface area contributed by atoms with Crippen LogP contribution in [0.2, 0.25) is 5.02 Å². The summed E-state index contributed by atoms with van der Waals surface area (Å²) in [5.74, 6) is -0.860. The molecule has 0 spiro atoms. The van der Waals surface area contributed by atoms with Gasteiger partial charge in [0, 0.05) is 21.2 Å². The fourth-order valence-electron chi connectivity index (χ4n) is 3.71. The van der Waals surface area contributed by atoms with Gasteiger partial charge < -0.3 is 10.2 Å². The number of anilines is 1. The average molecular weight is 668 g/mol. The number of benzene rings is 3. The van der Waals surface area contributed by atoms with Crippen molar-refractivity contribution in [3.05, 3.63) is 93.0 Å². The predicted octanol–water partition coefficient (Wildman–Crippen LogP) is 5.47. The summed E-state index contributed by atoms with van der Waals surface area (Å²) in [4.78, 5) is 28.4. The Labute approximate surface area is 243 Å². The zero-order valence-electron chi connectivity index (χ0n) is 21.5. The maximum Gasteiger partial charge on any atom is 0.264 e. The summed E-state index contributed by atoms with van der Waals surface area (Å²) in [6.45, 7) is 5.02. The first-order valence-electron chi connectivity index (χ1n) is 12.2. The molecule has 3 aromatic carbocycles. The minimum absolute atomic E-state index is 0.0412. The van der Waals surface area contributed by atoms with E-state index >= 15 is 0 Å². The Balaban J connectivity index is 2.02. The SMILES string of the molecule is CC[C@H](C)NC(=O)[C@H](C)N(Cc1ccccc1Cl)C(=O)CN(c1ccc(I)cc1)S(=O)(=O)c1ccccc1. The molecule has 0 saturated heterocycles. The molecule has 0 aromatic heterocycles. The van der Waals surface area contributed by atoms with Gasteiger partial charge >= 0.3 is 0 Å². The molecule has 3 rings (SSSR count). The second kappa shape index (κ2) is 13.4. The van der Waals surface area contributed by atoms with E-state index in [2.05, 4.69) is 27.9 Å². The zero-order valence-corrected chi connectivity index (χ0v) is 25.2. The highest BCUT2D eigenvalue weighted by Gasteiger charge is 2.33. The first-order valence-corrected chi connectivity index (χ1v) is 15.1. The van der Waals surface area contributed by atoms with Gasteiger partial charge in [-0.15, -0.1) is 0 Å². The molecule has 7 nitrogen and oxygen atoms in total. The van der Waals surface area contributed by atoms with Gasteiger partial charge in [-0.25, -0.2) is 8.42 Å². The molecule has 0 radical (unpaired) electrons. The van der Waals surface area contributed by atoms with Crippen LogP contribution in [-0.4, -0.2) is 43.8 Å². The number of halogens is 2. The van der Waals surface area contributed by atoms with Gasteiger partial charge in [0.25, 0.3) is 10.0 Å². The quantitative estimate of drug-likeness (QED) is 0.275. The van der Waals surface area contributed by atoms with Gasteiger partial charge in [0.05, 0.1) is 10.6 Å². The summed E-state index contributed by atoms with van der Waals surface area (Å²) in [5, 5.41) is 3.36. The molecule has 202 valence electrons. The minimum atomic E-state index is -4.09. The summed E-state index contributed by atoms with van der Waals surface area (Å²) < 4.78 is 29.5. The van der Waals surface area contributed by atoms with Gasteiger partial charge in [0.1, 0.15) is 12.6 Å². The van der Waals surface area contributed by atoms with Crippen molar-refractivity contribution in [3.8, 4) is 0 Å². The van der Waals surface area contributed by atoms with Crippen LogP contribution in [0.4, 0.5) is 5.69 Å². The number of carbonyl (C=O) groups is 2. The lowest BCUT2D eigenvalue weighted by molar-refractivity contribution is -0.139. The molecule has 0 saturated carbocycles. The zero-order chi connectivity index (χ0) is 27.9. The lowest BCUT2D eigenvalue weighted by atomic mass is 10.1. The van der Waals surface area contributed by atoms with Crippen LogP contribution < -0.4 is 9.62 Å². The summed E-state index contributed by atoms with van der Waals surface area (Å²) in [5.41, 5.74) is 0.995. The molecule has 0 aliphatic heterocycles. The Kier molecular flexibility index (Phi) is 10.6. The van der Waals surface area contributed by atoms with Crippen molar-refractivity contribution < 1.29 is 18.0 Å². The summed E-state index contributed by atoms with van der Waals surface area (Å²) in [7, 11) is -4.09. The highest BCUT2D eigenvalue weighted by Crippen LogP contribution is 2.26. The molecular formula is C28H31ClIN3O4S. The van der Waals surface area contributed by atoms with Crippen LogP contribution in [0.25, 0.3) is 0 Å². The van der Waals surface area contributed by atoms with Crippen molar-refractivity contribution >= 4 is 61.7 Å². The third kappa shape index (κ3) is 7.48. The van der Waals surface area contributed by atoms with Gasteiger partial charge in [-0.05, 0) is 90.9 Å². The number of hydrogen-bond donors (Lipinski definition) is 1. The molecule has 2 amide bonds. The van der Waals surface area contributed by atoms with E-state index in [0.29, 0.717) is 16.3 Å². The first-order chi connectivity index (χ1) is 18.0. The monoisotopic (exact) mass is 667 g/mol. The van der Waals surface area contributed by atoms with Gasteiger partial charge in [-0.2, -0.15) is 0 Å². The average Bonchev–Trinajstić information content (AvgIpc) is 2.91. The van der Waals surface area contributed by atoms with E-state index < -0.39 is 28.5 Å². The lowest BCUT2D eigenvalue weighted by Gasteiger charge is -2.32. The molecule has 2 atom stereocenters. The molecular weight excluding hydrogens is 637 g/mol. The molecule has 0 aliphatic rings. The fraction of sp³-hybridized carbons (Fsp3) is 0.286. The summed E-state index contributed by atoms with van der Waals surface area (Å²) in [6, 6.07) is 20.9. The topological polar surface area (TPSA) is 86.8 Å². The normalized spacial score (nSPS) is 12.9. The second-order valence-corrected chi connectivity index (χ2v) is 12.4. The molecule has 0 fully saturated rings. The maximum absolute atomic E-state index is 13.9. The van der Waals surface area contributed by atoms with Crippen LogP contribution in [0.15, 0.2) is 83.8 Å². The molecule has 0 bridgehead atoms. The fourth-order valence-corrected chi connectivity index (χ4v) is 5.70. The number of amides is 2. The van der Waals surface area contributed by atoms with E-state index in [4.69, 9.17) is 11.6 Å². The Bertz CT molecular complexity index is 1350. The number of nitrogens with zero attached hydrogens (tertiary/aromatic N) is 2. The molecule has 3 aromatic rings. The van der Waals surface area contributed by atoms with Gasteiger partial charge in [-0.1, -0.05) is 54.9 Å². The number of rotatable bonds is 11. The largest absolute Gasteiger partial charge is 0.352 e. The molecule has 38 heavy (non-hydrogen) atoms. The first kappa shape index (κ1) is 29.9. The minimum Gasteiger partial charge on any atom is -0.352 e. The van der Waals surface area contributed by atoms with Crippen LogP contribution in [-0.2, 0) is 26.2 Å². The highest BCUT2D eigenvalue weighted by molar-refractivity contribution is 14.1. The predicted molar refractivity (Wildman–Crippen MR) is 159 cm³/mol. The van der Waals surface area contributed by atoms with E-state index in [-0.39, 0.29) is 23.4 Å². The van der Waals surface area contributed by atoms with Crippen molar-refractivity contribution in [2.45, 2.75) is 50.7 Å². The van der Waals surface area contributed by atoms with E-state index in [0.717, 1.165) is 14.3 Å². The van der Waals surface area contributed by atoms with E-state index in [1.165, 1.54) is 17.0 Å².